The van der Waals surface area contributed by atoms with Gasteiger partial charge in [0.2, 0.25) is 6.79 Å². The number of ether oxygens (including phenoxy) is 3. The van der Waals surface area contributed by atoms with Gasteiger partial charge in [-0.2, -0.15) is 0 Å². The van der Waals surface area contributed by atoms with Crippen molar-refractivity contribution < 1.29 is 19.0 Å². The fourth-order valence-corrected chi connectivity index (χ4v) is 2.73. The summed E-state index contributed by atoms with van der Waals surface area (Å²) in [6, 6.07) is 11.9. The lowest BCUT2D eigenvalue weighted by atomic mass is 10.2. The smallest absolute Gasteiger partial charge is 0.298 e. The summed E-state index contributed by atoms with van der Waals surface area (Å²) in [6.45, 7) is 0.115. The van der Waals surface area contributed by atoms with E-state index in [-0.39, 0.29) is 12.6 Å². The van der Waals surface area contributed by atoms with Crippen LogP contribution in [0.3, 0.4) is 0 Å². The number of rotatable bonds is 4. The monoisotopic (exact) mass is 365 g/mol. The Morgan fingerprint density at radius 3 is 2.85 bits per heavy atom. The molecule has 1 N–H and O–H groups in total. The predicted molar refractivity (Wildman–Crippen MR) is 96.9 cm³/mol. The molecule has 0 saturated heterocycles. The number of amides is 1. The van der Waals surface area contributed by atoms with E-state index in [1.165, 1.54) is 24.1 Å². The Balaban J connectivity index is 1.65. The molecule has 1 amide bonds. The number of aromatic nitrogens is 2. The predicted octanol–water partition coefficient (Wildman–Crippen LogP) is 2.22. The largest absolute Gasteiger partial charge is 0.495 e. The first-order chi connectivity index (χ1) is 13.2. The number of nitrogens with zero attached hydrogens (tertiary/aromatic N) is 2. The standard InChI is InChI=1S/C19H15N3O5/c1-25-14-5-3-2-4-13(14)22-9-8-20-17(19(22)24)21-18(23)12-6-7-15-16(10-12)27-11-26-15/h2-10H,11H2,1H3,(H,20,21,23). The van der Waals surface area contributed by atoms with Crippen LogP contribution < -0.4 is 25.1 Å². The fourth-order valence-electron chi connectivity index (χ4n) is 2.73. The summed E-state index contributed by atoms with van der Waals surface area (Å²) in [5.74, 6) is 1.01. The van der Waals surface area contributed by atoms with Gasteiger partial charge in [-0.3, -0.25) is 14.2 Å². The van der Waals surface area contributed by atoms with Crippen molar-refractivity contribution in [3.05, 3.63) is 70.8 Å². The number of nitrogens with one attached hydrogen (secondary N) is 1. The number of benzene rings is 2. The Bertz CT molecular complexity index is 1080. The molecular weight excluding hydrogens is 350 g/mol. The van der Waals surface area contributed by atoms with Crippen molar-refractivity contribution in [1.82, 2.24) is 9.55 Å². The molecule has 0 aliphatic carbocycles. The van der Waals surface area contributed by atoms with Gasteiger partial charge in [0.1, 0.15) is 5.75 Å². The second kappa shape index (κ2) is 6.83. The molecule has 1 aliphatic rings. The minimum atomic E-state index is -0.476. The Morgan fingerprint density at radius 2 is 2.00 bits per heavy atom. The fraction of sp³-hybridized carbons (Fsp3) is 0.105. The highest BCUT2D eigenvalue weighted by atomic mass is 16.7. The molecule has 0 atom stereocenters. The first-order valence-corrected chi connectivity index (χ1v) is 8.09. The first kappa shape index (κ1) is 16.6. The van der Waals surface area contributed by atoms with Gasteiger partial charge in [0.15, 0.2) is 17.3 Å². The molecule has 2 heterocycles. The summed E-state index contributed by atoms with van der Waals surface area (Å²) < 4.78 is 17.2. The average Bonchev–Trinajstić information content (AvgIpc) is 3.17. The maximum Gasteiger partial charge on any atom is 0.298 e. The van der Waals surface area contributed by atoms with E-state index in [0.29, 0.717) is 28.5 Å². The Morgan fingerprint density at radius 1 is 1.19 bits per heavy atom. The van der Waals surface area contributed by atoms with Gasteiger partial charge < -0.3 is 19.5 Å². The van der Waals surface area contributed by atoms with Gasteiger partial charge in [-0.1, -0.05) is 12.1 Å². The van der Waals surface area contributed by atoms with E-state index < -0.39 is 11.5 Å². The molecule has 2 aromatic carbocycles. The molecule has 8 heteroatoms. The third kappa shape index (κ3) is 3.08. The molecule has 0 saturated carbocycles. The number of carbonyl (C=O) groups excluding carboxylic acids is 1. The summed E-state index contributed by atoms with van der Waals surface area (Å²) in [5.41, 5.74) is 0.398. The molecule has 0 fully saturated rings. The molecule has 27 heavy (non-hydrogen) atoms. The SMILES string of the molecule is COc1ccccc1-n1ccnc(NC(=O)c2ccc3c(c2)OCO3)c1=O. The lowest BCUT2D eigenvalue weighted by Crippen LogP contribution is -2.26. The van der Waals surface area contributed by atoms with Crippen LogP contribution >= 0.6 is 0 Å². The van der Waals surface area contributed by atoms with Gasteiger partial charge in [-0.15, -0.1) is 0 Å². The van der Waals surface area contributed by atoms with Crippen molar-refractivity contribution in [2.45, 2.75) is 0 Å². The molecule has 1 aliphatic heterocycles. The van der Waals surface area contributed by atoms with Crippen LogP contribution in [0.4, 0.5) is 5.82 Å². The Labute approximate surface area is 153 Å². The van der Waals surface area contributed by atoms with E-state index in [1.54, 1.807) is 42.5 Å². The maximum atomic E-state index is 12.8. The van der Waals surface area contributed by atoms with Crippen molar-refractivity contribution >= 4 is 11.7 Å². The molecule has 1 aromatic heterocycles. The van der Waals surface area contributed by atoms with Crippen LogP contribution in [-0.2, 0) is 0 Å². The third-order valence-corrected chi connectivity index (χ3v) is 4.05. The number of hydrogen-bond donors (Lipinski definition) is 1. The van der Waals surface area contributed by atoms with E-state index in [0.717, 1.165) is 0 Å². The van der Waals surface area contributed by atoms with Crippen LogP contribution in [0.5, 0.6) is 17.2 Å². The van der Waals surface area contributed by atoms with E-state index in [1.807, 2.05) is 0 Å². The van der Waals surface area contributed by atoms with Crippen molar-refractivity contribution in [2.75, 3.05) is 19.2 Å². The minimum absolute atomic E-state index is 0.0916. The number of methoxy groups -OCH3 is 1. The van der Waals surface area contributed by atoms with Crippen molar-refractivity contribution in [3.8, 4) is 22.9 Å². The van der Waals surface area contributed by atoms with Crippen LogP contribution in [-0.4, -0.2) is 29.4 Å². The highest BCUT2D eigenvalue weighted by Gasteiger charge is 2.18. The first-order valence-electron chi connectivity index (χ1n) is 8.09. The van der Waals surface area contributed by atoms with Gasteiger partial charge in [-0.25, -0.2) is 4.98 Å². The number of fused-ring (bicyclic) bond motifs is 1. The Kier molecular flexibility index (Phi) is 4.21. The van der Waals surface area contributed by atoms with E-state index in [9.17, 15) is 9.59 Å². The molecule has 4 rings (SSSR count). The van der Waals surface area contributed by atoms with Gasteiger partial charge in [0.05, 0.1) is 12.8 Å². The van der Waals surface area contributed by atoms with Crippen LogP contribution in [0.15, 0.2) is 59.7 Å². The normalized spacial score (nSPS) is 11.9. The molecule has 3 aromatic rings. The second-order valence-electron chi connectivity index (χ2n) is 5.65. The number of hydrogen-bond acceptors (Lipinski definition) is 6. The van der Waals surface area contributed by atoms with Crippen LogP contribution in [0.2, 0.25) is 0 Å². The summed E-state index contributed by atoms with van der Waals surface area (Å²) >= 11 is 0. The maximum absolute atomic E-state index is 12.8. The van der Waals surface area contributed by atoms with E-state index in [4.69, 9.17) is 14.2 Å². The van der Waals surface area contributed by atoms with Gasteiger partial charge >= 0.3 is 0 Å². The highest BCUT2D eigenvalue weighted by molar-refractivity contribution is 6.04. The molecule has 8 nitrogen and oxygen atoms in total. The number of carbonyl (C=O) groups is 1. The topological polar surface area (TPSA) is 91.7 Å². The number of anilines is 1. The molecular formula is C19H15N3O5. The summed E-state index contributed by atoms with van der Waals surface area (Å²) in [7, 11) is 1.52. The van der Waals surface area contributed by atoms with Gasteiger partial charge in [0.25, 0.3) is 11.5 Å². The highest BCUT2D eigenvalue weighted by Crippen LogP contribution is 2.32. The molecule has 0 unspecified atom stereocenters. The van der Waals surface area contributed by atoms with Crippen molar-refractivity contribution in [3.63, 3.8) is 0 Å². The molecule has 0 radical (unpaired) electrons. The lowest BCUT2D eigenvalue weighted by Gasteiger charge is -2.12. The van der Waals surface area contributed by atoms with Gasteiger partial charge in [0, 0.05) is 18.0 Å². The summed E-state index contributed by atoms with van der Waals surface area (Å²) in [4.78, 5) is 29.3. The summed E-state index contributed by atoms with van der Waals surface area (Å²) in [5, 5.41) is 2.54. The zero-order chi connectivity index (χ0) is 18.8. The van der Waals surface area contributed by atoms with Crippen LogP contribution in [0.1, 0.15) is 10.4 Å². The van der Waals surface area contributed by atoms with E-state index >= 15 is 0 Å². The zero-order valence-electron chi connectivity index (χ0n) is 14.3. The van der Waals surface area contributed by atoms with Crippen LogP contribution in [0.25, 0.3) is 5.69 Å². The van der Waals surface area contributed by atoms with Crippen molar-refractivity contribution in [1.29, 1.82) is 0 Å². The van der Waals surface area contributed by atoms with Crippen LogP contribution in [0, 0.1) is 0 Å². The van der Waals surface area contributed by atoms with E-state index in [2.05, 4.69) is 10.3 Å². The summed E-state index contributed by atoms with van der Waals surface area (Å²) in [6.07, 6.45) is 2.94. The second-order valence-corrected chi connectivity index (χ2v) is 5.65. The molecule has 0 spiro atoms. The zero-order valence-corrected chi connectivity index (χ0v) is 14.3. The lowest BCUT2D eigenvalue weighted by molar-refractivity contribution is 0.102. The molecule has 0 bridgehead atoms. The average molecular weight is 365 g/mol. The minimum Gasteiger partial charge on any atom is -0.495 e. The number of para-hydroxylation sites is 2. The Hall–Kier alpha value is -3.81. The quantitative estimate of drug-likeness (QED) is 0.762. The van der Waals surface area contributed by atoms with Gasteiger partial charge in [-0.05, 0) is 30.3 Å². The van der Waals surface area contributed by atoms with Crippen molar-refractivity contribution in [2.24, 2.45) is 0 Å². The molecule has 136 valence electrons. The third-order valence-electron chi connectivity index (χ3n) is 4.05.